The molecule has 9 nitrogen and oxygen atoms in total. The molecule has 0 atom stereocenters. The van der Waals surface area contributed by atoms with Gasteiger partial charge in [0.1, 0.15) is 5.75 Å². The fourth-order valence-electron chi connectivity index (χ4n) is 2.01. The van der Waals surface area contributed by atoms with Crippen LogP contribution in [0.3, 0.4) is 0 Å². The zero-order chi connectivity index (χ0) is 18.6. The third kappa shape index (κ3) is 4.38. The van der Waals surface area contributed by atoms with Gasteiger partial charge in [-0.25, -0.2) is 9.59 Å². The summed E-state index contributed by atoms with van der Waals surface area (Å²) < 4.78 is 0. The maximum absolute atomic E-state index is 11.1. The van der Waals surface area contributed by atoms with E-state index in [0.717, 1.165) is 12.1 Å². The molecule has 0 spiro atoms. The number of carboxylic acid groups (broad SMARTS) is 3. The standard InChI is InChI=1S/C16H12N2O7/c19-13-4-2-9(5-8(13)6-14(20)21)17-18-10-1-3-11(15(22)23)12(7-10)16(24)25/h1-5,7,19H,6H2,(H,20,21)(H,22,23)(H,24,25). The van der Waals surface area contributed by atoms with Gasteiger partial charge in [-0.15, -0.1) is 0 Å². The number of aromatic carboxylic acids is 2. The summed E-state index contributed by atoms with van der Waals surface area (Å²) in [6.07, 6.45) is -0.397. The Hall–Kier alpha value is -3.75. The fourth-order valence-corrected chi connectivity index (χ4v) is 2.01. The highest BCUT2D eigenvalue weighted by molar-refractivity contribution is 6.02. The van der Waals surface area contributed by atoms with Crippen molar-refractivity contribution in [1.29, 1.82) is 0 Å². The molecule has 128 valence electrons. The molecule has 0 amide bonds. The molecular weight excluding hydrogens is 332 g/mol. The van der Waals surface area contributed by atoms with Crippen LogP contribution in [0.1, 0.15) is 26.3 Å². The van der Waals surface area contributed by atoms with Crippen molar-refractivity contribution in [3.63, 3.8) is 0 Å². The van der Waals surface area contributed by atoms with Gasteiger partial charge in [-0.05, 0) is 36.4 Å². The summed E-state index contributed by atoms with van der Waals surface area (Å²) in [6.45, 7) is 0. The second-order valence-corrected chi connectivity index (χ2v) is 4.92. The van der Waals surface area contributed by atoms with Gasteiger partial charge < -0.3 is 20.4 Å². The molecule has 2 aromatic rings. The normalized spacial score (nSPS) is 10.7. The zero-order valence-electron chi connectivity index (χ0n) is 12.6. The summed E-state index contributed by atoms with van der Waals surface area (Å²) in [6, 6.07) is 7.45. The lowest BCUT2D eigenvalue weighted by atomic mass is 10.1. The Balaban J connectivity index is 2.33. The minimum Gasteiger partial charge on any atom is -0.508 e. The minimum atomic E-state index is -1.41. The van der Waals surface area contributed by atoms with E-state index in [9.17, 15) is 19.5 Å². The predicted octanol–water partition coefficient (Wildman–Crippen LogP) is 2.83. The first-order valence-corrected chi connectivity index (χ1v) is 6.84. The molecule has 0 fully saturated rings. The van der Waals surface area contributed by atoms with E-state index in [1.165, 1.54) is 24.3 Å². The van der Waals surface area contributed by atoms with E-state index in [-0.39, 0.29) is 28.3 Å². The van der Waals surface area contributed by atoms with Crippen molar-refractivity contribution in [2.45, 2.75) is 6.42 Å². The second-order valence-electron chi connectivity index (χ2n) is 4.92. The monoisotopic (exact) mass is 344 g/mol. The number of phenols is 1. The van der Waals surface area contributed by atoms with E-state index >= 15 is 0 Å². The number of carboxylic acids is 3. The van der Waals surface area contributed by atoms with Crippen molar-refractivity contribution in [3.8, 4) is 5.75 Å². The van der Waals surface area contributed by atoms with Crippen LogP contribution in [0.15, 0.2) is 46.6 Å². The van der Waals surface area contributed by atoms with Gasteiger partial charge in [-0.3, -0.25) is 4.79 Å². The van der Waals surface area contributed by atoms with Crippen molar-refractivity contribution in [2.75, 3.05) is 0 Å². The smallest absolute Gasteiger partial charge is 0.336 e. The molecule has 0 saturated heterocycles. The lowest BCUT2D eigenvalue weighted by Crippen LogP contribution is -2.07. The van der Waals surface area contributed by atoms with E-state index in [4.69, 9.17) is 15.3 Å². The van der Waals surface area contributed by atoms with E-state index in [1.54, 1.807) is 0 Å². The maximum Gasteiger partial charge on any atom is 0.336 e. The fraction of sp³-hybridized carbons (Fsp3) is 0.0625. The van der Waals surface area contributed by atoms with Gasteiger partial charge in [0.05, 0.1) is 28.9 Å². The highest BCUT2D eigenvalue weighted by atomic mass is 16.4. The number of carbonyl (C=O) groups is 3. The summed E-state index contributed by atoms with van der Waals surface area (Å²) in [5, 5.41) is 44.0. The Bertz CT molecular complexity index is 890. The number of phenolic OH excluding ortho intramolecular Hbond substituents is 1. The number of aliphatic carboxylic acids is 1. The van der Waals surface area contributed by atoms with Gasteiger partial charge in [0.25, 0.3) is 0 Å². The predicted molar refractivity (Wildman–Crippen MR) is 84.0 cm³/mol. The quantitative estimate of drug-likeness (QED) is 0.587. The number of hydrogen-bond donors (Lipinski definition) is 4. The van der Waals surface area contributed by atoms with Gasteiger partial charge in [0.15, 0.2) is 0 Å². The largest absolute Gasteiger partial charge is 0.508 e. The first kappa shape index (κ1) is 17.6. The summed E-state index contributed by atoms with van der Waals surface area (Å²) in [4.78, 5) is 32.8. The highest BCUT2D eigenvalue weighted by Gasteiger charge is 2.16. The number of aromatic hydroxyl groups is 1. The van der Waals surface area contributed by atoms with Crippen molar-refractivity contribution >= 4 is 29.3 Å². The minimum absolute atomic E-state index is 0.107. The number of benzene rings is 2. The van der Waals surface area contributed by atoms with Crippen LogP contribution in [0, 0.1) is 0 Å². The number of azo groups is 1. The van der Waals surface area contributed by atoms with Crippen LogP contribution < -0.4 is 0 Å². The van der Waals surface area contributed by atoms with Gasteiger partial charge in [0, 0.05) is 5.56 Å². The first-order chi connectivity index (χ1) is 11.8. The van der Waals surface area contributed by atoms with Gasteiger partial charge >= 0.3 is 17.9 Å². The molecule has 2 rings (SSSR count). The summed E-state index contributed by atoms with van der Waals surface area (Å²) in [5.74, 6) is -4.11. The van der Waals surface area contributed by atoms with E-state index in [2.05, 4.69) is 10.2 Å². The third-order valence-corrected chi connectivity index (χ3v) is 3.15. The number of rotatable bonds is 6. The van der Waals surface area contributed by atoms with Crippen molar-refractivity contribution in [2.24, 2.45) is 10.2 Å². The molecule has 0 aliphatic carbocycles. The van der Waals surface area contributed by atoms with Crippen LogP contribution in [-0.2, 0) is 11.2 Å². The van der Waals surface area contributed by atoms with Crippen LogP contribution in [0.4, 0.5) is 11.4 Å². The van der Waals surface area contributed by atoms with Gasteiger partial charge in [0.2, 0.25) is 0 Å². The average Bonchev–Trinajstić information content (AvgIpc) is 2.54. The molecule has 25 heavy (non-hydrogen) atoms. The molecular formula is C16H12N2O7. The van der Waals surface area contributed by atoms with Crippen molar-refractivity contribution in [1.82, 2.24) is 0 Å². The van der Waals surface area contributed by atoms with Crippen LogP contribution in [-0.4, -0.2) is 38.3 Å². The molecule has 0 unspecified atom stereocenters. The number of hydrogen-bond acceptors (Lipinski definition) is 6. The molecule has 0 aliphatic rings. The molecule has 0 aliphatic heterocycles. The first-order valence-electron chi connectivity index (χ1n) is 6.84. The highest BCUT2D eigenvalue weighted by Crippen LogP contribution is 2.26. The SMILES string of the molecule is O=C(O)Cc1cc(N=Nc2ccc(C(=O)O)c(C(=O)O)c2)ccc1O. The lowest BCUT2D eigenvalue weighted by Gasteiger charge is -2.03. The summed E-state index contributed by atoms with van der Waals surface area (Å²) in [7, 11) is 0. The lowest BCUT2D eigenvalue weighted by molar-refractivity contribution is -0.136. The number of nitrogens with zero attached hydrogens (tertiary/aromatic N) is 2. The Morgan fingerprint density at radius 1 is 0.800 bits per heavy atom. The second kappa shape index (κ2) is 7.21. The maximum atomic E-state index is 11.1. The Morgan fingerprint density at radius 2 is 1.36 bits per heavy atom. The van der Waals surface area contributed by atoms with Crippen LogP contribution in [0.5, 0.6) is 5.75 Å². The molecule has 0 radical (unpaired) electrons. The van der Waals surface area contributed by atoms with Crippen molar-refractivity contribution < 1.29 is 34.8 Å². The summed E-state index contributed by atoms with van der Waals surface area (Å²) >= 11 is 0. The van der Waals surface area contributed by atoms with E-state index < -0.39 is 29.9 Å². The van der Waals surface area contributed by atoms with Crippen LogP contribution in [0.2, 0.25) is 0 Å². The van der Waals surface area contributed by atoms with Crippen LogP contribution in [0.25, 0.3) is 0 Å². The molecule has 4 N–H and O–H groups in total. The topological polar surface area (TPSA) is 157 Å². The van der Waals surface area contributed by atoms with Gasteiger partial charge in [-0.1, -0.05) is 0 Å². The molecule has 2 aromatic carbocycles. The van der Waals surface area contributed by atoms with Gasteiger partial charge in [-0.2, -0.15) is 10.2 Å². The van der Waals surface area contributed by atoms with E-state index in [0.29, 0.717) is 0 Å². The summed E-state index contributed by atoms with van der Waals surface area (Å²) in [5.41, 5.74) is -0.305. The van der Waals surface area contributed by atoms with Crippen LogP contribution >= 0.6 is 0 Å². The molecule has 9 heteroatoms. The molecule has 0 heterocycles. The molecule has 0 bridgehead atoms. The Kier molecular flexibility index (Phi) is 5.08. The average molecular weight is 344 g/mol. The van der Waals surface area contributed by atoms with Crippen molar-refractivity contribution in [3.05, 3.63) is 53.1 Å². The Labute approximate surface area is 140 Å². The molecule has 0 saturated carbocycles. The van der Waals surface area contributed by atoms with E-state index in [1.807, 2.05) is 0 Å². The Morgan fingerprint density at radius 3 is 1.92 bits per heavy atom. The third-order valence-electron chi connectivity index (χ3n) is 3.15. The zero-order valence-corrected chi connectivity index (χ0v) is 12.6. The molecule has 0 aromatic heterocycles.